The Balaban J connectivity index is 1.25. The molecule has 41 heavy (non-hydrogen) atoms. The first-order chi connectivity index (χ1) is 19.7. The van der Waals surface area contributed by atoms with Gasteiger partial charge in [0.15, 0.2) is 5.82 Å². The fraction of sp³-hybridized carbons (Fsp3) is 0.345. The van der Waals surface area contributed by atoms with Gasteiger partial charge in [0.2, 0.25) is 11.8 Å². The minimum Gasteiger partial charge on any atom is -0.406 e. The van der Waals surface area contributed by atoms with Crippen molar-refractivity contribution in [1.29, 1.82) is 0 Å². The van der Waals surface area contributed by atoms with E-state index in [4.69, 9.17) is 4.52 Å². The Morgan fingerprint density at radius 3 is 2.83 bits per heavy atom. The first-order valence-electron chi connectivity index (χ1n) is 13.3. The molecule has 2 atom stereocenters. The Morgan fingerprint density at radius 1 is 1.20 bits per heavy atom. The summed E-state index contributed by atoms with van der Waals surface area (Å²) in [6.07, 6.45) is -0.208. The van der Waals surface area contributed by atoms with Gasteiger partial charge in [0.25, 0.3) is 0 Å². The van der Waals surface area contributed by atoms with Gasteiger partial charge < -0.3 is 14.6 Å². The van der Waals surface area contributed by atoms with E-state index < -0.39 is 6.36 Å². The first-order valence-corrected chi connectivity index (χ1v) is 13.3. The van der Waals surface area contributed by atoms with Crippen LogP contribution in [0.25, 0.3) is 11.1 Å². The molecule has 0 spiro atoms. The molecule has 12 heteroatoms. The first kappa shape index (κ1) is 26.9. The second kappa shape index (κ2) is 10.9. The maximum atomic E-state index is 13.0. The largest absolute Gasteiger partial charge is 0.573 e. The second-order valence-electron chi connectivity index (χ2n) is 10.3. The van der Waals surface area contributed by atoms with E-state index >= 15 is 0 Å². The number of aryl methyl sites for hydroxylation is 1. The monoisotopic (exact) mass is 564 g/mol. The van der Waals surface area contributed by atoms with Crippen molar-refractivity contribution in [3.63, 3.8) is 0 Å². The van der Waals surface area contributed by atoms with Crippen molar-refractivity contribution in [3.05, 3.63) is 89.1 Å². The number of hydrogen-bond donors (Lipinski definition) is 1. The van der Waals surface area contributed by atoms with E-state index in [0.717, 1.165) is 34.5 Å². The summed E-state index contributed by atoms with van der Waals surface area (Å²) in [7, 11) is 0. The molecular formula is C29H27F3N6O3. The number of rotatable bonds is 8. The van der Waals surface area contributed by atoms with Crippen LogP contribution in [0.4, 0.5) is 13.2 Å². The molecule has 6 rings (SSSR count). The quantitative estimate of drug-likeness (QED) is 0.328. The van der Waals surface area contributed by atoms with Gasteiger partial charge in [-0.25, -0.2) is 9.97 Å². The molecule has 1 aliphatic carbocycles. The fourth-order valence-corrected chi connectivity index (χ4v) is 5.40. The number of alkyl halides is 3. The Morgan fingerprint density at radius 2 is 2.07 bits per heavy atom. The normalized spacial score (nSPS) is 18.5. The zero-order valence-corrected chi connectivity index (χ0v) is 22.2. The number of carbonyl (C=O) groups is 1. The molecule has 2 aliphatic rings. The average molecular weight is 565 g/mol. The predicted octanol–water partition coefficient (Wildman–Crippen LogP) is 4.71. The molecule has 212 valence electrons. The zero-order valence-electron chi connectivity index (χ0n) is 22.2. The molecule has 9 nitrogen and oxygen atoms in total. The van der Waals surface area contributed by atoms with Crippen LogP contribution in [-0.4, -0.2) is 43.8 Å². The van der Waals surface area contributed by atoms with Gasteiger partial charge in [0, 0.05) is 32.4 Å². The van der Waals surface area contributed by atoms with Gasteiger partial charge in [-0.1, -0.05) is 29.4 Å². The Hall–Kier alpha value is -4.32. The van der Waals surface area contributed by atoms with Crippen LogP contribution in [0.5, 0.6) is 5.75 Å². The molecule has 2 aromatic carbocycles. The number of halogens is 3. The van der Waals surface area contributed by atoms with E-state index in [1.807, 2.05) is 18.2 Å². The third kappa shape index (κ3) is 6.22. The van der Waals surface area contributed by atoms with Crippen molar-refractivity contribution in [2.75, 3.05) is 6.54 Å². The van der Waals surface area contributed by atoms with E-state index in [-0.39, 0.29) is 23.5 Å². The summed E-state index contributed by atoms with van der Waals surface area (Å²) < 4.78 is 48.0. The summed E-state index contributed by atoms with van der Waals surface area (Å²) in [5, 5.41) is 6.88. The Bertz CT molecular complexity index is 1560. The number of hydrogen-bond acceptors (Lipinski definition) is 8. The van der Waals surface area contributed by atoms with Gasteiger partial charge in [0.1, 0.15) is 12.1 Å². The lowest BCUT2D eigenvalue weighted by molar-refractivity contribution is -0.274. The van der Waals surface area contributed by atoms with Crippen LogP contribution in [0, 0.1) is 12.8 Å². The second-order valence-corrected chi connectivity index (χ2v) is 10.3. The van der Waals surface area contributed by atoms with E-state index in [9.17, 15) is 18.0 Å². The maximum absolute atomic E-state index is 13.0. The maximum Gasteiger partial charge on any atom is 0.573 e. The predicted molar refractivity (Wildman–Crippen MR) is 140 cm³/mol. The molecule has 1 aliphatic heterocycles. The highest BCUT2D eigenvalue weighted by atomic mass is 19.4. The van der Waals surface area contributed by atoms with Gasteiger partial charge in [-0.15, -0.1) is 13.2 Å². The van der Waals surface area contributed by atoms with Gasteiger partial charge >= 0.3 is 6.36 Å². The molecule has 1 N–H and O–H groups in total. The third-order valence-electron chi connectivity index (χ3n) is 7.44. The van der Waals surface area contributed by atoms with E-state index in [2.05, 4.69) is 35.1 Å². The molecule has 1 fully saturated rings. The summed E-state index contributed by atoms with van der Waals surface area (Å²) in [6.45, 7) is 4.04. The lowest BCUT2D eigenvalue weighted by Crippen LogP contribution is -2.33. The molecule has 1 saturated carbocycles. The topological polar surface area (TPSA) is 106 Å². The highest BCUT2D eigenvalue weighted by molar-refractivity contribution is 5.82. The number of ether oxygens (including phenoxy) is 1. The van der Waals surface area contributed by atoms with Crippen molar-refractivity contribution in [2.45, 2.75) is 51.7 Å². The summed E-state index contributed by atoms with van der Waals surface area (Å²) in [5.41, 5.74) is 5.42. The van der Waals surface area contributed by atoms with E-state index in [1.54, 1.807) is 25.3 Å². The van der Waals surface area contributed by atoms with Crippen LogP contribution in [0.1, 0.15) is 46.4 Å². The Kier molecular flexibility index (Phi) is 7.16. The molecule has 1 amide bonds. The summed E-state index contributed by atoms with van der Waals surface area (Å²) in [4.78, 5) is 27.8. The van der Waals surface area contributed by atoms with Crippen LogP contribution in [0.15, 0.2) is 59.5 Å². The van der Waals surface area contributed by atoms with Crippen LogP contribution in [0.2, 0.25) is 0 Å². The van der Waals surface area contributed by atoms with Crippen molar-refractivity contribution < 1.29 is 27.2 Å². The molecule has 0 radical (unpaired) electrons. The number of carbonyl (C=O) groups excluding carboxylic acids is 1. The Labute approximate surface area is 233 Å². The third-order valence-corrected chi connectivity index (χ3v) is 7.44. The minimum atomic E-state index is -4.77. The molecule has 0 saturated heterocycles. The standard InChI is InChI=1S/C29H27F3N6O3/c1-17-36-28(41-37-17)25-12-24(25)27(39)34-13-19-5-6-22(18-3-2-4-21(11-18)40-29(30,31)32)23-8-10-38(15-26(19)23)14-20-7-9-33-16-35-20/h2-7,9,11,16,24-25H,8,10,12-15H2,1H3,(H,34,39)/t24-,25-/m1/s1. The smallest absolute Gasteiger partial charge is 0.406 e. The van der Waals surface area contributed by atoms with Crippen LogP contribution in [0.3, 0.4) is 0 Å². The van der Waals surface area contributed by atoms with Gasteiger partial charge in [-0.3, -0.25) is 9.69 Å². The van der Waals surface area contributed by atoms with E-state index in [1.165, 1.54) is 18.5 Å². The molecule has 0 bridgehead atoms. The fourth-order valence-electron chi connectivity index (χ4n) is 5.40. The van der Waals surface area contributed by atoms with Crippen molar-refractivity contribution in [1.82, 2.24) is 30.3 Å². The molecule has 0 unspecified atom stereocenters. The van der Waals surface area contributed by atoms with Gasteiger partial charge in [0.05, 0.1) is 17.5 Å². The number of aromatic nitrogens is 4. The highest BCUT2D eigenvalue weighted by Gasteiger charge is 2.47. The number of nitrogens with one attached hydrogen (secondary N) is 1. The summed E-state index contributed by atoms with van der Waals surface area (Å²) >= 11 is 0. The minimum absolute atomic E-state index is 0.0676. The van der Waals surface area contributed by atoms with Crippen molar-refractivity contribution in [2.24, 2.45) is 5.92 Å². The van der Waals surface area contributed by atoms with Crippen molar-refractivity contribution >= 4 is 5.91 Å². The van der Waals surface area contributed by atoms with Crippen LogP contribution < -0.4 is 10.1 Å². The van der Waals surface area contributed by atoms with Gasteiger partial charge in [-0.05, 0) is 65.8 Å². The molecule has 3 heterocycles. The lowest BCUT2D eigenvalue weighted by Gasteiger charge is -2.32. The highest BCUT2D eigenvalue weighted by Crippen LogP contribution is 2.47. The lowest BCUT2D eigenvalue weighted by atomic mass is 9.87. The van der Waals surface area contributed by atoms with Crippen LogP contribution in [-0.2, 0) is 30.8 Å². The molecular weight excluding hydrogens is 537 g/mol. The number of benzene rings is 2. The van der Waals surface area contributed by atoms with E-state index in [0.29, 0.717) is 49.8 Å². The molecule has 4 aromatic rings. The number of fused-ring (bicyclic) bond motifs is 1. The SMILES string of the molecule is Cc1noc([C@@H]2C[C@H]2C(=O)NCc2ccc(-c3cccc(OC(F)(F)F)c3)c3c2CN(Cc2ccncn2)CC3)n1. The summed E-state index contributed by atoms with van der Waals surface area (Å²) in [6, 6.07) is 11.7. The molecule has 2 aromatic heterocycles. The summed E-state index contributed by atoms with van der Waals surface area (Å²) in [5.74, 6) is 0.407. The number of amides is 1. The number of nitrogens with zero attached hydrogens (tertiary/aromatic N) is 5. The van der Waals surface area contributed by atoms with Crippen LogP contribution >= 0.6 is 0 Å². The van der Waals surface area contributed by atoms with Crippen molar-refractivity contribution in [3.8, 4) is 16.9 Å². The van der Waals surface area contributed by atoms with Gasteiger partial charge in [-0.2, -0.15) is 4.98 Å². The zero-order chi connectivity index (χ0) is 28.6. The average Bonchev–Trinajstić information content (AvgIpc) is 3.64.